The van der Waals surface area contributed by atoms with Gasteiger partial charge in [-0.2, -0.15) is 8.42 Å². The van der Waals surface area contributed by atoms with Crippen molar-refractivity contribution >= 4 is 21.2 Å². The summed E-state index contributed by atoms with van der Waals surface area (Å²) in [5, 5.41) is 8.57. The second-order valence-corrected chi connectivity index (χ2v) is 11.0. The number of aryl methyl sites for hydroxylation is 2. The van der Waals surface area contributed by atoms with E-state index in [9.17, 15) is 8.42 Å². The van der Waals surface area contributed by atoms with Crippen molar-refractivity contribution in [2.75, 3.05) is 6.61 Å². The van der Waals surface area contributed by atoms with Gasteiger partial charge in [-0.05, 0) is 54.7 Å². The number of fused-ring (bicyclic) bond motifs is 1. The van der Waals surface area contributed by atoms with E-state index >= 15 is 0 Å². The molecule has 0 bridgehead atoms. The first-order valence-electron chi connectivity index (χ1n) is 11.1. The zero-order valence-electron chi connectivity index (χ0n) is 19.5. The van der Waals surface area contributed by atoms with Gasteiger partial charge in [-0.1, -0.05) is 55.8 Å². The van der Waals surface area contributed by atoms with E-state index in [1.165, 1.54) is 5.56 Å². The van der Waals surface area contributed by atoms with E-state index in [1.807, 2.05) is 35.9 Å². The lowest BCUT2D eigenvalue weighted by molar-refractivity contribution is 0.303. The van der Waals surface area contributed by atoms with Crippen LogP contribution in [0.25, 0.3) is 11.0 Å². The van der Waals surface area contributed by atoms with Crippen molar-refractivity contribution in [2.45, 2.75) is 57.5 Å². The van der Waals surface area contributed by atoms with Crippen LogP contribution in [0.1, 0.15) is 44.0 Å². The summed E-state index contributed by atoms with van der Waals surface area (Å²) in [6.07, 6.45) is 2.71. The van der Waals surface area contributed by atoms with Crippen molar-refractivity contribution in [2.24, 2.45) is 0 Å². The highest BCUT2D eigenvalue weighted by atomic mass is 32.2. The highest BCUT2D eigenvalue weighted by Gasteiger charge is 2.19. The van der Waals surface area contributed by atoms with Gasteiger partial charge in [-0.25, -0.2) is 4.68 Å². The molecule has 33 heavy (non-hydrogen) atoms. The Balaban J connectivity index is 1.47. The van der Waals surface area contributed by atoms with Crippen LogP contribution in [0.2, 0.25) is 0 Å². The van der Waals surface area contributed by atoms with Gasteiger partial charge in [0.2, 0.25) is 0 Å². The van der Waals surface area contributed by atoms with Gasteiger partial charge in [0.1, 0.15) is 5.52 Å². The van der Waals surface area contributed by atoms with Crippen molar-refractivity contribution in [1.82, 2.24) is 19.6 Å². The number of hydrogen-bond donors (Lipinski definition) is 0. The minimum absolute atomic E-state index is 0.00425. The van der Waals surface area contributed by atoms with Gasteiger partial charge in [0.05, 0.1) is 23.6 Å². The van der Waals surface area contributed by atoms with Crippen molar-refractivity contribution in [3.8, 4) is 0 Å². The second-order valence-electron chi connectivity index (χ2n) is 9.34. The van der Waals surface area contributed by atoms with E-state index in [1.54, 1.807) is 24.3 Å². The van der Waals surface area contributed by atoms with E-state index in [0.29, 0.717) is 19.5 Å². The molecule has 0 aliphatic heterocycles. The van der Waals surface area contributed by atoms with E-state index < -0.39 is 10.1 Å². The van der Waals surface area contributed by atoms with Crippen LogP contribution < -0.4 is 0 Å². The van der Waals surface area contributed by atoms with Gasteiger partial charge in [0, 0.05) is 18.4 Å². The third-order valence-electron chi connectivity index (χ3n) is 5.68. The van der Waals surface area contributed by atoms with Crippen LogP contribution in [0.5, 0.6) is 0 Å². The topological polar surface area (TPSA) is 79.0 Å². The van der Waals surface area contributed by atoms with Crippen molar-refractivity contribution in [1.29, 1.82) is 0 Å². The molecule has 0 unspecified atom stereocenters. The number of hydrogen-bond acceptors (Lipinski definition) is 5. The molecule has 4 aromatic rings. The van der Waals surface area contributed by atoms with Crippen LogP contribution in [-0.4, -0.2) is 34.6 Å². The molecule has 174 valence electrons. The van der Waals surface area contributed by atoms with E-state index in [-0.39, 0.29) is 16.9 Å². The molecule has 0 spiro atoms. The van der Waals surface area contributed by atoms with Gasteiger partial charge in [0.15, 0.2) is 0 Å². The minimum atomic E-state index is -3.76. The minimum Gasteiger partial charge on any atom is -0.349 e. The Bertz CT molecular complexity index is 1350. The van der Waals surface area contributed by atoms with Crippen molar-refractivity contribution < 1.29 is 12.6 Å². The zero-order chi connectivity index (χ0) is 23.6. The Morgan fingerprint density at radius 1 is 1.03 bits per heavy atom. The third-order valence-corrected chi connectivity index (χ3v) is 7.00. The average molecular weight is 467 g/mol. The molecule has 0 atom stereocenters. The Hall–Kier alpha value is -2.97. The smallest absolute Gasteiger partial charge is 0.296 e. The first-order valence-corrected chi connectivity index (χ1v) is 12.5. The monoisotopic (exact) mass is 466 g/mol. The summed E-state index contributed by atoms with van der Waals surface area (Å²) in [6, 6.07) is 16.8. The van der Waals surface area contributed by atoms with Crippen LogP contribution in [0.4, 0.5) is 0 Å². The molecule has 0 radical (unpaired) electrons. The molecular formula is C25H30N4O3S. The summed E-state index contributed by atoms with van der Waals surface area (Å²) in [5.41, 5.74) is 5.16. The predicted octanol–water partition coefficient (Wildman–Crippen LogP) is 4.68. The number of nitrogens with zero attached hydrogens (tertiary/aromatic N) is 4. The lowest BCUT2D eigenvalue weighted by Crippen LogP contribution is -2.12. The van der Waals surface area contributed by atoms with Crippen molar-refractivity contribution in [3.63, 3.8) is 0 Å². The number of benzene rings is 2. The average Bonchev–Trinajstić information content (AvgIpc) is 3.36. The predicted molar refractivity (Wildman–Crippen MR) is 129 cm³/mol. The fraction of sp³-hybridized carbons (Fsp3) is 0.360. The summed E-state index contributed by atoms with van der Waals surface area (Å²) in [7, 11) is -3.76. The standard InChI is InChI=1S/C25H30N4O3S/c1-19-10-12-22(13-11-19)33(30,31)32-15-7-14-28-17-20(25(2,3)4)16-21(28)18-29-24-9-6-5-8-23(24)26-27-29/h5-6,8-13,16-17H,7,14-15,18H2,1-4H3. The van der Waals surface area contributed by atoms with Gasteiger partial charge < -0.3 is 4.57 Å². The molecule has 0 N–H and O–H groups in total. The third kappa shape index (κ3) is 5.34. The molecule has 0 saturated heterocycles. The quantitative estimate of drug-likeness (QED) is 0.278. The van der Waals surface area contributed by atoms with Crippen LogP contribution in [0.3, 0.4) is 0 Å². The summed E-state index contributed by atoms with van der Waals surface area (Å²) in [4.78, 5) is 0.183. The fourth-order valence-corrected chi connectivity index (χ4v) is 4.61. The molecule has 8 heteroatoms. The second kappa shape index (κ2) is 9.11. The summed E-state index contributed by atoms with van der Waals surface area (Å²) >= 11 is 0. The van der Waals surface area contributed by atoms with Gasteiger partial charge in [-0.3, -0.25) is 4.18 Å². The first-order chi connectivity index (χ1) is 15.6. The Kier molecular flexibility index (Phi) is 6.41. The molecule has 0 amide bonds. The Morgan fingerprint density at radius 2 is 1.76 bits per heavy atom. The molecular weight excluding hydrogens is 436 g/mol. The number of rotatable bonds is 8. The molecule has 0 fully saturated rings. The van der Waals surface area contributed by atoms with Crippen LogP contribution in [0.15, 0.2) is 65.7 Å². The Labute approximate surface area is 195 Å². The fourth-order valence-electron chi connectivity index (χ4n) is 3.67. The summed E-state index contributed by atoms with van der Waals surface area (Å²) in [5.74, 6) is 0. The first kappa shape index (κ1) is 23.2. The summed E-state index contributed by atoms with van der Waals surface area (Å²) < 4.78 is 34.2. The maximum absolute atomic E-state index is 12.4. The van der Waals surface area contributed by atoms with E-state index in [0.717, 1.165) is 22.3 Å². The van der Waals surface area contributed by atoms with Gasteiger partial charge in [0.25, 0.3) is 10.1 Å². The number of para-hydroxylation sites is 1. The molecule has 0 saturated carbocycles. The molecule has 7 nitrogen and oxygen atoms in total. The molecule has 2 aromatic heterocycles. The van der Waals surface area contributed by atoms with E-state index in [4.69, 9.17) is 4.18 Å². The maximum Gasteiger partial charge on any atom is 0.296 e. The van der Waals surface area contributed by atoms with E-state index in [2.05, 4.69) is 47.9 Å². The highest BCUT2D eigenvalue weighted by molar-refractivity contribution is 7.86. The largest absolute Gasteiger partial charge is 0.349 e. The lowest BCUT2D eigenvalue weighted by atomic mass is 9.89. The lowest BCUT2D eigenvalue weighted by Gasteiger charge is -2.16. The zero-order valence-corrected chi connectivity index (χ0v) is 20.3. The van der Waals surface area contributed by atoms with Crippen molar-refractivity contribution in [3.05, 3.63) is 77.6 Å². The van der Waals surface area contributed by atoms with Crippen LogP contribution in [-0.2, 0) is 32.8 Å². The van der Waals surface area contributed by atoms with Gasteiger partial charge >= 0.3 is 0 Å². The number of aromatic nitrogens is 4. The SMILES string of the molecule is Cc1ccc(S(=O)(=O)OCCCn2cc(C(C)(C)C)cc2Cn2nnc3ccccc32)cc1. The summed E-state index contributed by atoms with van der Waals surface area (Å²) in [6.45, 7) is 9.79. The molecule has 4 rings (SSSR count). The highest BCUT2D eigenvalue weighted by Crippen LogP contribution is 2.26. The molecule has 2 heterocycles. The molecule has 0 aliphatic rings. The molecule has 2 aromatic carbocycles. The van der Waals surface area contributed by atoms with Crippen LogP contribution >= 0.6 is 0 Å². The normalized spacial score (nSPS) is 12.5. The van der Waals surface area contributed by atoms with Gasteiger partial charge in [-0.15, -0.1) is 5.10 Å². The molecule has 0 aliphatic carbocycles. The van der Waals surface area contributed by atoms with Crippen LogP contribution in [0, 0.1) is 6.92 Å². The maximum atomic E-state index is 12.4. The Morgan fingerprint density at radius 3 is 2.48 bits per heavy atom.